The van der Waals surface area contributed by atoms with Gasteiger partial charge in [-0.1, -0.05) is 18.2 Å². The van der Waals surface area contributed by atoms with Crippen molar-refractivity contribution in [1.29, 1.82) is 0 Å². The summed E-state index contributed by atoms with van der Waals surface area (Å²) < 4.78 is 29.4. The van der Waals surface area contributed by atoms with E-state index in [0.29, 0.717) is 6.92 Å². The molecule has 0 spiro atoms. The summed E-state index contributed by atoms with van der Waals surface area (Å²) in [6.07, 6.45) is -0.901. The van der Waals surface area contributed by atoms with E-state index in [0.717, 1.165) is 0 Å². The Morgan fingerprint density at radius 2 is 1.93 bits per heavy atom. The minimum absolute atomic E-state index is 0.279. The van der Waals surface area contributed by atoms with Gasteiger partial charge in [0.25, 0.3) is 5.92 Å². The van der Waals surface area contributed by atoms with Crippen LogP contribution >= 0.6 is 0 Å². The predicted octanol–water partition coefficient (Wildman–Crippen LogP) is 2.64. The smallest absolute Gasteiger partial charge is 0.317 e. The molecule has 4 heteroatoms. The zero-order valence-corrected chi connectivity index (χ0v) is 7.67. The van der Waals surface area contributed by atoms with Crippen LogP contribution in [0.5, 0.6) is 5.75 Å². The Hall–Kier alpha value is -1.45. The predicted molar refractivity (Wildman–Crippen MR) is 47.3 cm³/mol. The third kappa shape index (κ3) is 3.98. The van der Waals surface area contributed by atoms with Crippen molar-refractivity contribution in [2.75, 3.05) is 0 Å². The fraction of sp³-hybridized carbons (Fsp3) is 0.300. The van der Waals surface area contributed by atoms with Gasteiger partial charge in [0.05, 0.1) is 0 Å². The van der Waals surface area contributed by atoms with Crippen LogP contribution in [0, 0.1) is 0 Å². The number of hydrogen-bond donors (Lipinski definition) is 0. The second-order valence-electron chi connectivity index (χ2n) is 3.03. The highest BCUT2D eigenvalue weighted by Gasteiger charge is 2.26. The van der Waals surface area contributed by atoms with Gasteiger partial charge in [0.1, 0.15) is 12.2 Å². The van der Waals surface area contributed by atoms with Gasteiger partial charge in [-0.25, -0.2) is 8.78 Å². The molecule has 0 radical (unpaired) electrons. The largest absolute Gasteiger partial charge is 0.426 e. The normalized spacial score (nSPS) is 11.1. The number of carbonyl (C=O) groups is 1. The van der Waals surface area contributed by atoms with E-state index in [1.807, 2.05) is 0 Å². The van der Waals surface area contributed by atoms with Crippen molar-refractivity contribution >= 4 is 5.97 Å². The summed E-state index contributed by atoms with van der Waals surface area (Å²) in [6.45, 7) is 0.680. The summed E-state index contributed by atoms with van der Waals surface area (Å²) in [7, 11) is 0. The quantitative estimate of drug-likeness (QED) is 0.553. The van der Waals surface area contributed by atoms with Crippen LogP contribution in [0.1, 0.15) is 13.3 Å². The summed E-state index contributed by atoms with van der Waals surface area (Å²) in [5, 5.41) is 0. The van der Waals surface area contributed by atoms with Crippen molar-refractivity contribution in [3.8, 4) is 5.75 Å². The zero-order chi connectivity index (χ0) is 10.6. The molecule has 76 valence electrons. The molecular formula is C10H10F2O2. The Labute approximate surface area is 80.5 Å². The lowest BCUT2D eigenvalue weighted by Crippen LogP contribution is -2.20. The maximum atomic E-state index is 12.4. The summed E-state index contributed by atoms with van der Waals surface area (Å²) in [4.78, 5) is 10.9. The number of para-hydroxylation sites is 1. The lowest BCUT2D eigenvalue weighted by atomic mass is 10.3. The van der Waals surface area contributed by atoms with Crippen LogP contribution in [0.3, 0.4) is 0 Å². The second kappa shape index (κ2) is 4.17. The number of rotatable bonds is 3. The summed E-state index contributed by atoms with van der Waals surface area (Å²) in [5.74, 6) is -3.67. The van der Waals surface area contributed by atoms with Gasteiger partial charge in [-0.2, -0.15) is 0 Å². The monoisotopic (exact) mass is 200 g/mol. The molecule has 0 aliphatic carbocycles. The minimum atomic E-state index is -3.02. The molecule has 0 N–H and O–H groups in total. The molecule has 0 amide bonds. The molecule has 0 fully saturated rings. The molecule has 0 bridgehead atoms. The number of carbonyl (C=O) groups excluding carboxylic acids is 1. The Balaban J connectivity index is 2.50. The standard InChI is InChI=1S/C10H10F2O2/c1-10(11,12)7-9(13)14-8-5-3-2-4-6-8/h2-6H,7H2,1H3. The van der Waals surface area contributed by atoms with Crippen LogP contribution in [-0.4, -0.2) is 11.9 Å². The average molecular weight is 200 g/mol. The van der Waals surface area contributed by atoms with Gasteiger partial charge in [0, 0.05) is 0 Å². The fourth-order valence-electron chi connectivity index (χ4n) is 0.910. The summed E-state index contributed by atoms with van der Waals surface area (Å²) >= 11 is 0. The van der Waals surface area contributed by atoms with E-state index in [1.165, 1.54) is 12.1 Å². The third-order valence-electron chi connectivity index (χ3n) is 1.43. The third-order valence-corrected chi connectivity index (χ3v) is 1.43. The van der Waals surface area contributed by atoms with Crippen LogP contribution in [0.15, 0.2) is 30.3 Å². The van der Waals surface area contributed by atoms with Crippen LogP contribution in [0.25, 0.3) is 0 Å². The number of benzene rings is 1. The number of hydrogen-bond acceptors (Lipinski definition) is 2. The van der Waals surface area contributed by atoms with Crippen molar-refractivity contribution in [1.82, 2.24) is 0 Å². The van der Waals surface area contributed by atoms with Crippen molar-refractivity contribution < 1.29 is 18.3 Å². The van der Waals surface area contributed by atoms with E-state index in [2.05, 4.69) is 4.74 Å². The fourth-order valence-corrected chi connectivity index (χ4v) is 0.910. The molecule has 0 aromatic heterocycles. The molecule has 0 atom stereocenters. The number of alkyl halides is 2. The zero-order valence-electron chi connectivity index (χ0n) is 7.67. The highest BCUT2D eigenvalue weighted by molar-refractivity contribution is 5.73. The van der Waals surface area contributed by atoms with E-state index >= 15 is 0 Å². The van der Waals surface area contributed by atoms with Crippen molar-refractivity contribution in [2.45, 2.75) is 19.3 Å². The Morgan fingerprint density at radius 3 is 2.43 bits per heavy atom. The van der Waals surface area contributed by atoms with E-state index in [4.69, 9.17) is 0 Å². The van der Waals surface area contributed by atoms with E-state index in [-0.39, 0.29) is 5.75 Å². The number of halogens is 2. The Kier molecular flexibility index (Phi) is 3.17. The van der Waals surface area contributed by atoms with Gasteiger partial charge >= 0.3 is 5.97 Å². The first-order valence-electron chi connectivity index (χ1n) is 4.11. The van der Waals surface area contributed by atoms with E-state index < -0.39 is 18.3 Å². The molecule has 14 heavy (non-hydrogen) atoms. The highest BCUT2D eigenvalue weighted by Crippen LogP contribution is 2.18. The van der Waals surface area contributed by atoms with E-state index in [1.54, 1.807) is 18.2 Å². The average Bonchev–Trinajstić information content (AvgIpc) is 2.02. The van der Waals surface area contributed by atoms with Gasteiger partial charge in [-0.3, -0.25) is 4.79 Å². The second-order valence-corrected chi connectivity index (χ2v) is 3.03. The van der Waals surface area contributed by atoms with Crippen molar-refractivity contribution in [3.05, 3.63) is 30.3 Å². The molecule has 1 aromatic carbocycles. The van der Waals surface area contributed by atoms with Crippen molar-refractivity contribution in [2.24, 2.45) is 0 Å². The topological polar surface area (TPSA) is 26.3 Å². The van der Waals surface area contributed by atoms with Gasteiger partial charge in [0.15, 0.2) is 0 Å². The molecule has 0 heterocycles. The maximum absolute atomic E-state index is 12.4. The minimum Gasteiger partial charge on any atom is -0.426 e. The van der Waals surface area contributed by atoms with Gasteiger partial charge in [0.2, 0.25) is 0 Å². The van der Waals surface area contributed by atoms with Gasteiger partial charge in [-0.15, -0.1) is 0 Å². The Morgan fingerprint density at radius 1 is 1.36 bits per heavy atom. The SMILES string of the molecule is CC(F)(F)CC(=O)Oc1ccccc1. The summed E-state index contributed by atoms with van der Waals surface area (Å²) in [6, 6.07) is 8.13. The molecule has 0 unspecified atom stereocenters. The molecule has 0 aliphatic heterocycles. The molecule has 2 nitrogen and oxygen atoms in total. The van der Waals surface area contributed by atoms with Crippen LogP contribution in [-0.2, 0) is 4.79 Å². The van der Waals surface area contributed by atoms with Crippen LogP contribution in [0.2, 0.25) is 0 Å². The molecular weight excluding hydrogens is 190 g/mol. The molecule has 0 saturated carbocycles. The van der Waals surface area contributed by atoms with Gasteiger partial charge in [-0.05, 0) is 19.1 Å². The lowest BCUT2D eigenvalue weighted by molar-refractivity contribution is -0.141. The number of ether oxygens (including phenoxy) is 1. The summed E-state index contributed by atoms with van der Waals surface area (Å²) in [5.41, 5.74) is 0. The lowest BCUT2D eigenvalue weighted by Gasteiger charge is -2.09. The first kappa shape index (κ1) is 10.6. The molecule has 0 saturated heterocycles. The molecule has 1 aromatic rings. The van der Waals surface area contributed by atoms with Crippen molar-refractivity contribution in [3.63, 3.8) is 0 Å². The van der Waals surface area contributed by atoms with Crippen LogP contribution in [0.4, 0.5) is 8.78 Å². The first-order chi connectivity index (χ1) is 6.47. The van der Waals surface area contributed by atoms with Gasteiger partial charge < -0.3 is 4.74 Å². The van der Waals surface area contributed by atoms with E-state index in [9.17, 15) is 13.6 Å². The van der Waals surface area contributed by atoms with Crippen LogP contribution < -0.4 is 4.74 Å². The first-order valence-corrected chi connectivity index (χ1v) is 4.11. The highest BCUT2D eigenvalue weighted by atomic mass is 19.3. The number of esters is 1. The Bertz CT molecular complexity index is 304. The molecule has 0 aliphatic rings. The maximum Gasteiger partial charge on any atom is 0.317 e. The molecule has 1 rings (SSSR count).